The predicted molar refractivity (Wildman–Crippen MR) is 65.1 cm³/mol. The summed E-state index contributed by atoms with van der Waals surface area (Å²) in [7, 11) is 0. The molecule has 1 saturated heterocycles. The van der Waals surface area contributed by atoms with Crippen LogP contribution in [0.1, 0.15) is 25.5 Å². The lowest BCUT2D eigenvalue weighted by Crippen LogP contribution is -2.43. The summed E-state index contributed by atoms with van der Waals surface area (Å²) >= 11 is 6.06. The average Bonchev–Trinajstić information content (AvgIpc) is 2.23. The van der Waals surface area contributed by atoms with Gasteiger partial charge in [-0.05, 0) is 51.9 Å². The van der Waals surface area contributed by atoms with Crippen LogP contribution in [0.4, 0.5) is 0 Å². The van der Waals surface area contributed by atoms with Crippen LogP contribution in [0, 0.1) is 6.92 Å². The second-order valence-electron chi connectivity index (χ2n) is 4.54. The van der Waals surface area contributed by atoms with Crippen molar-refractivity contribution in [2.24, 2.45) is 0 Å². The number of rotatable bonds is 2. The number of hydrogen-bond donors (Lipinski definition) is 1. The van der Waals surface area contributed by atoms with Crippen LogP contribution < -0.4 is 10.1 Å². The minimum absolute atomic E-state index is 0.119. The van der Waals surface area contributed by atoms with Crippen molar-refractivity contribution in [2.45, 2.75) is 32.3 Å². The van der Waals surface area contributed by atoms with Crippen LogP contribution in [0.5, 0.6) is 5.75 Å². The first-order valence-corrected chi connectivity index (χ1v) is 6.00. The van der Waals surface area contributed by atoms with Crippen LogP contribution in [-0.4, -0.2) is 23.7 Å². The summed E-state index contributed by atoms with van der Waals surface area (Å²) in [5, 5.41) is 3.78. The smallest absolute Gasteiger partial charge is 0.171 e. The first-order chi connectivity index (χ1) is 7.59. The molecule has 0 radical (unpaired) electrons. The first kappa shape index (κ1) is 11.7. The van der Waals surface area contributed by atoms with Crippen molar-refractivity contribution in [3.05, 3.63) is 23.0 Å². The number of halogens is 1. The molecule has 0 unspecified atom stereocenters. The Morgan fingerprint density at radius 2 is 2.06 bits per heavy atom. The van der Waals surface area contributed by atoms with Gasteiger partial charge in [0.1, 0.15) is 5.60 Å². The van der Waals surface area contributed by atoms with E-state index >= 15 is 0 Å². The molecule has 1 aromatic rings. The largest absolute Gasteiger partial charge is 0.484 e. The monoisotopic (exact) mass is 240 g/mol. The minimum Gasteiger partial charge on any atom is -0.484 e. The Hall–Kier alpha value is -0.800. The van der Waals surface area contributed by atoms with Crippen LogP contribution >= 0.6 is 11.6 Å². The van der Waals surface area contributed by atoms with Gasteiger partial charge >= 0.3 is 0 Å². The van der Waals surface area contributed by atoms with Crippen molar-refractivity contribution >= 4 is 11.6 Å². The summed E-state index contributed by atoms with van der Waals surface area (Å²) in [4.78, 5) is 4.19. The zero-order valence-electron chi connectivity index (χ0n) is 9.72. The Bertz CT molecular complexity index is 375. The summed E-state index contributed by atoms with van der Waals surface area (Å²) < 4.78 is 5.99. The predicted octanol–water partition coefficient (Wildman–Crippen LogP) is 2.56. The van der Waals surface area contributed by atoms with Gasteiger partial charge in [0.2, 0.25) is 0 Å². The molecular formula is C12H17ClN2O. The van der Waals surface area contributed by atoms with Crippen LogP contribution in [0.15, 0.2) is 12.1 Å². The van der Waals surface area contributed by atoms with Crippen LogP contribution in [0.2, 0.25) is 5.15 Å². The number of aryl methyl sites for hydroxylation is 1. The van der Waals surface area contributed by atoms with E-state index in [1.807, 2.05) is 19.1 Å². The van der Waals surface area contributed by atoms with Gasteiger partial charge < -0.3 is 10.1 Å². The van der Waals surface area contributed by atoms with Gasteiger partial charge in [-0.25, -0.2) is 4.98 Å². The fourth-order valence-corrected chi connectivity index (χ4v) is 2.15. The third-order valence-electron chi connectivity index (χ3n) is 2.97. The topological polar surface area (TPSA) is 34.1 Å². The maximum Gasteiger partial charge on any atom is 0.171 e. The highest BCUT2D eigenvalue weighted by atomic mass is 35.5. The molecule has 0 aliphatic carbocycles. The lowest BCUT2D eigenvalue weighted by Gasteiger charge is -2.34. The summed E-state index contributed by atoms with van der Waals surface area (Å²) in [6, 6.07) is 3.82. The maximum absolute atomic E-state index is 6.06. The summed E-state index contributed by atoms with van der Waals surface area (Å²) in [6.45, 7) is 6.03. The molecule has 16 heavy (non-hydrogen) atoms. The van der Waals surface area contributed by atoms with E-state index in [0.29, 0.717) is 10.9 Å². The van der Waals surface area contributed by atoms with Crippen molar-refractivity contribution in [2.75, 3.05) is 13.1 Å². The molecule has 3 nitrogen and oxygen atoms in total. The van der Waals surface area contributed by atoms with Gasteiger partial charge in [-0.2, -0.15) is 0 Å². The van der Waals surface area contributed by atoms with Crippen molar-refractivity contribution in [1.82, 2.24) is 10.3 Å². The average molecular weight is 241 g/mol. The third-order valence-corrected chi connectivity index (χ3v) is 3.24. The molecule has 0 aromatic carbocycles. The van der Waals surface area contributed by atoms with E-state index in [-0.39, 0.29) is 5.60 Å². The second kappa shape index (κ2) is 4.60. The van der Waals surface area contributed by atoms with Gasteiger partial charge in [0, 0.05) is 5.69 Å². The molecule has 0 saturated carbocycles. The van der Waals surface area contributed by atoms with E-state index in [9.17, 15) is 0 Å². The second-order valence-corrected chi connectivity index (χ2v) is 4.90. The molecule has 4 heteroatoms. The van der Waals surface area contributed by atoms with E-state index < -0.39 is 0 Å². The zero-order valence-corrected chi connectivity index (χ0v) is 10.5. The number of nitrogens with one attached hydrogen (secondary N) is 1. The fraction of sp³-hybridized carbons (Fsp3) is 0.583. The van der Waals surface area contributed by atoms with E-state index in [4.69, 9.17) is 16.3 Å². The zero-order chi connectivity index (χ0) is 11.6. The molecule has 0 spiro atoms. The molecule has 2 rings (SSSR count). The van der Waals surface area contributed by atoms with Crippen LogP contribution in [-0.2, 0) is 0 Å². The van der Waals surface area contributed by atoms with Crippen LogP contribution in [0.25, 0.3) is 0 Å². The fourth-order valence-electron chi connectivity index (χ4n) is 1.91. The number of piperidine rings is 1. The van der Waals surface area contributed by atoms with E-state index in [0.717, 1.165) is 31.6 Å². The first-order valence-electron chi connectivity index (χ1n) is 5.62. The molecule has 1 fully saturated rings. The molecule has 0 bridgehead atoms. The highest BCUT2D eigenvalue weighted by Crippen LogP contribution is 2.30. The molecule has 0 amide bonds. The third kappa shape index (κ3) is 2.66. The molecule has 1 N–H and O–H groups in total. The lowest BCUT2D eigenvalue weighted by atomic mass is 9.94. The van der Waals surface area contributed by atoms with Gasteiger partial charge in [-0.1, -0.05) is 11.6 Å². The number of hydrogen-bond acceptors (Lipinski definition) is 3. The molecule has 88 valence electrons. The SMILES string of the molecule is Cc1ccc(OC2(C)CCNCC2)c(Cl)n1. The molecule has 0 atom stereocenters. The van der Waals surface area contributed by atoms with Gasteiger partial charge in [0.15, 0.2) is 10.9 Å². The van der Waals surface area contributed by atoms with Crippen LogP contribution in [0.3, 0.4) is 0 Å². The van der Waals surface area contributed by atoms with E-state index in [2.05, 4.69) is 17.2 Å². The van der Waals surface area contributed by atoms with E-state index in [1.54, 1.807) is 0 Å². The normalized spacial score (nSPS) is 19.4. The highest BCUT2D eigenvalue weighted by molar-refractivity contribution is 6.30. The Labute approximate surface area is 101 Å². The standard InChI is InChI=1S/C12H17ClN2O/c1-9-3-4-10(11(13)15-9)16-12(2)5-7-14-8-6-12/h3-4,14H,5-8H2,1-2H3. The molecule has 1 aliphatic rings. The Balaban J connectivity index is 2.13. The maximum atomic E-state index is 6.06. The van der Waals surface area contributed by atoms with Crippen molar-refractivity contribution in [1.29, 1.82) is 0 Å². The molecule has 1 aromatic heterocycles. The van der Waals surface area contributed by atoms with Gasteiger partial charge in [0.05, 0.1) is 0 Å². The lowest BCUT2D eigenvalue weighted by molar-refractivity contribution is 0.0553. The van der Waals surface area contributed by atoms with Gasteiger partial charge in [0.25, 0.3) is 0 Å². The molecule has 2 heterocycles. The minimum atomic E-state index is -0.119. The van der Waals surface area contributed by atoms with Crippen molar-refractivity contribution in [3.63, 3.8) is 0 Å². The summed E-state index contributed by atoms with van der Waals surface area (Å²) in [5.41, 5.74) is 0.791. The summed E-state index contributed by atoms with van der Waals surface area (Å²) in [6.07, 6.45) is 1.99. The van der Waals surface area contributed by atoms with Gasteiger partial charge in [-0.3, -0.25) is 0 Å². The molecule has 1 aliphatic heterocycles. The summed E-state index contributed by atoms with van der Waals surface area (Å²) in [5.74, 6) is 0.691. The molecular weight excluding hydrogens is 224 g/mol. The Kier molecular flexibility index (Phi) is 3.36. The Morgan fingerprint density at radius 1 is 1.38 bits per heavy atom. The quantitative estimate of drug-likeness (QED) is 0.807. The van der Waals surface area contributed by atoms with Crippen molar-refractivity contribution in [3.8, 4) is 5.75 Å². The number of ether oxygens (including phenoxy) is 1. The number of aromatic nitrogens is 1. The highest BCUT2D eigenvalue weighted by Gasteiger charge is 2.29. The van der Waals surface area contributed by atoms with E-state index in [1.165, 1.54) is 0 Å². The van der Waals surface area contributed by atoms with Crippen molar-refractivity contribution < 1.29 is 4.74 Å². The Morgan fingerprint density at radius 3 is 2.69 bits per heavy atom. The number of nitrogens with zero attached hydrogens (tertiary/aromatic N) is 1. The van der Waals surface area contributed by atoms with Gasteiger partial charge in [-0.15, -0.1) is 0 Å². The number of pyridine rings is 1.